The van der Waals surface area contributed by atoms with Crippen LogP contribution in [0.5, 0.6) is 0 Å². The van der Waals surface area contributed by atoms with E-state index in [0.29, 0.717) is 34.4 Å². The van der Waals surface area contributed by atoms with Crippen molar-refractivity contribution in [2.45, 2.75) is 20.0 Å². The van der Waals surface area contributed by atoms with E-state index in [1.54, 1.807) is 37.4 Å². The fraction of sp³-hybridized carbons (Fsp3) is 0.300. The van der Waals surface area contributed by atoms with Crippen LogP contribution in [0.4, 0.5) is 5.69 Å². The number of ether oxygens (including phenoxy) is 1. The third kappa shape index (κ3) is 6.24. The van der Waals surface area contributed by atoms with Crippen LogP contribution in [0.3, 0.4) is 0 Å². The fourth-order valence-corrected chi connectivity index (χ4v) is 2.91. The van der Waals surface area contributed by atoms with Gasteiger partial charge in [-0.2, -0.15) is 0 Å². The van der Waals surface area contributed by atoms with Gasteiger partial charge in [0.2, 0.25) is 5.91 Å². The zero-order valence-corrected chi connectivity index (χ0v) is 16.8. The van der Waals surface area contributed by atoms with Crippen molar-refractivity contribution in [1.29, 1.82) is 0 Å². The Morgan fingerprint density at radius 1 is 1.11 bits per heavy atom. The molecule has 2 aromatic carbocycles. The maximum absolute atomic E-state index is 12.8. The number of carbonyl (C=O) groups is 2. The monoisotopic (exact) mass is 408 g/mol. The minimum absolute atomic E-state index is 0.0741. The summed E-state index contributed by atoms with van der Waals surface area (Å²) in [7, 11) is 1.62. The van der Waals surface area contributed by atoms with Crippen LogP contribution in [0.15, 0.2) is 42.5 Å². The first-order chi connectivity index (χ1) is 12.9. The minimum atomic E-state index is -0.336. The Labute approximate surface area is 169 Å². The van der Waals surface area contributed by atoms with Crippen LogP contribution in [0, 0.1) is 0 Å². The van der Waals surface area contributed by atoms with Crippen molar-refractivity contribution in [3.05, 3.63) is 63.6 Å². The van der Waals surface area contributed by atoms with E-state index in [1.165, 1.54) is 4.90 Å². The molecule has 2 rings (SSSR count). The van der Waals surface area contributed by atoms with Gasteiger partial charge in [-0.25, -0.2) is 0 Å². The van der Waals surface area contributed by atoms with Gasteiger partial charge >= 0.3 is 0 Å². The van der Waals surface area contributed by atoms with Gasteiger partial charge < -0.3 is 15.0 Å². The second kappa shape index (κ2) is 10.3. The van der Waals surface area contributed by atoms with Crippen LogP contribution in [0.25, 0.3) is 0 Å². The molecule has 0 aliphatic carbocycles. The van der Waals surface area contributed by atoms with E-state index in [9.17, 15) is 9.59 Å². The molecule has 0 saturated heterocycles. The Bertz CT molecular complexity index is 794. The van der Waals surface area contributed by atoms with Crippen LogP contribution < -0.4 is 5.32 Å². The van der Waals surface area contributed by atoms with E-state index >= 15 is 0 Å². The Morgan fingerprint density at radius 3 is 2.44 bits per heavy atom. The number of hydrogen-bond donors (Lipinski definition) is 1. The second-order valence-electron chi connectivity index (χ2n) is 6.03. The molecular formula is C20H22Cl2N2O3. The smallest absolute Gasteiger partial charge is 0.254 e. The summed E-state index contributed by atoms with van der Waals surface area (Å²) in [6.45, 7) is 2.83. The molecule has 0 spiro atoms. The van der Waals surface area contributed by atoms with Crippen molar-refractivity contribution in [2.75, 3.05) is 25.5 Å². The number of benzene rings is 2. The highest BCUT2D eigenvalue weighted by molar-refractivity contribution is 6.35. The predicted molar refractivity (Wildman–Crippen MR) is 108 cm³/mol. The third-order valence-electron chi connectivity index (χ3n) is 3.83. The SMILES string of the molecule is CCCN(CC(=O)Nc1cc(Cl)ccc1Cl)C(=O)c1ccc(COC)cc1. The Balaban J connectivity index is 2.08. The molecular weight excluding hydrogens is 387 g/mol. The molecule has 144 valence electrons. The van der Waals surface area contributed by atoms with E-state index in [1.807, 2.05) is 19.1 Å². The molecule has 5 nitrogen and oxygen atoms in total. The summed E-state index contributed by atoms with van der Waals surface area (Å²) in [6.07, 6.45) is 0.735. The molecule has 27 heavy (non-hydrogen) atoms. The van der Waals surface area contributed by atoms with E-state index in [4.69, 9.17) is 27.9 Å². The van der Waals surface area contributed by atoms with Gasteiger partial charge in [-0.05, 0) is 42.3 Å². The maximum Gasteiger partial charge on any atom is 0.254 e. The van der Waals surface area contributed by atoms with E-state index < -0.39 is 0 Å². The third-order valence-corrected chi connectivity index (χ3v) is 4.39. The van der Waals surface area contributed by atoms with Gasteiger partial charge in [0.25, 0.3) is 5.91 Å². The number of nitrogens with zero attached hydrogens (tertiary/aromatic N) is 1. The molecule has 2 amide bonds. The number of nitrogens with one attached hydrogen (secondary N) is 1. The van der Waals surface area contributed by atoms with E-state index in [-0.39, 0.29) is 18.4 Å². The average Bonchev–Trinajstić information content (AvgIpc) is 2.65. The van der Waals surface area contributed by atoms with Gasteiger partial charge in [-0.1, -0.05) is 42.3 Å². The van der Waals surface area contributed by atoms with Crippen molar-refractivity contribution in [1.82, 2.24) is 4.90 Å². The van der Waals surface area contributed by atoms with Gasteiger partial charge in [0.1, 0.15) is 6.54 Å². The lowest BCUT2D eigenvalue weighted by molar-refractivity contribution is -0.116. The maximum atomic E-state index is 12.8. The van der Waals surface area contributed by atoms with Crippen molar-refractivity contribution in [3.63, 3.8) is 0 Å². The zero-order chi connectivity index (χ0) is 19.8. The molecule has 2 aromatic rings. The summed E-state index contributed by atoms with van der Waals surface area (Å²) in [4.78, 5) is 26.7. The largest absolute Gasteiger partial charge is 0.380 e. The molecule has 0 unspecified atom stereocenters. The lowest BCUT2D eigenvalue weighted by Gasteiger charge is -2.22. The highest BCUT2D eigenvalue weighted by atomic mass is 35.5. The molecule has 0 atom stereocenters. The molecule has 0 aromatic heterocycles. The number of halogens is 2. The zero-order valence-electron chi connectivity index (χ0n) is 15.3. The predicted octanol–water partition coefficient (Wildman–Crippen LogP) is 4.63. The van der Waals surface area contributed by atoms with Crippen LogP contribution >= 0.6 is 23.2 Å². The number of carbonyl (C=O) groups excluding carboxylic acids is 2. The summed E-state index contributed by atoms with van der Waals surface area (Å²) in [5, 5.41) is 3.56. The quantitative estimate of drug-likeness (QED) is 0.692. The summed E-state index contributed by atoms with van der Waals surface area (Å²) < 4.78 is 5.07. The van der Waals surface area contributed by atoms with Crippen molar-refractivity contribution in [2.24, 2.45) is 0 Å². The second-order valence-corrected chi connectivity index (χ2v) is 6.87. The Morgan fingerprint density at radius 2 is 1.81 bits per heavy atom. The molecule has 7 heteroatoms. The normalized spacial score (nSPS) is 10.5. The number of hydrogen-bond acceptors (Lipinski definition) is 3. The van der Waals surface area contributed by atoms with Crippen LogP contribution in [0.2, 0.25) is 10.0 Å². The number of amides is 2. The first kappa shape index (κ1) is 21.2. The molecule has 0 radical (unpaired) electrons. The topological polar surface area (TPSA) is 58.6 Å². The van der Waals surface area contributed by atoms with Gasteiger partial charge in [0.15, 0.2) is 0 Å². The number of rotatable bonds is 8. The summed E-state index contributed by atoms with van der Waals surface area (Å²) >= 11 is 12.0. The summed E-state index contributed by atoms with van der Waals surface area (Å²) in [6, 6.07) is 12.0. The van der Waals surface area contributed by atoms with E-state index in [2.05, 4.69) is 5.32 Å². The van der Waals surface area contributed by atoms with Crippen LogP contribution in [0.1, 0.15) is 29.3 Å². The highest BCUT2D eigenvalue weighted by Gasteiger charge is 2.19. The minimum Gasteiger partial charge on any atom is -0.380 e. The standard InChI is InChI=1S/C20H22Cl2N2O3/c1-3-10-24(20(26)15-6-4-14(5-7-15)13-27-2)12-19(25)23-18-11-16(21)8-9-17(18)22/h4-9,11H,3,10,12-13H2,1-2H3,(H,23,25). The summed E-state index contributed by atoms with van der Waals surface area (Å²) in [5.74, 6) is -0.537. The van der Waals surface area contributed by atoms with Crippen LogP contribution in [-0.4, -0.2) is 36.9 Å². The molecule has 1 N–H and O–H groups in total. The first-order valence-electron chi connectivity index (χ1n) is 8.56. The van der Waals surface area contributed by atoms with Crippen molar-refractivity contribution >= 4 is 40.7 Å². The van der Waals surface area contributed by atoms with E-state index in [0.717, 1.165) is 12.0 Å². The molecule has 0 aliphatic rings. The number of anilines is 1. The molecule has 0 bridgehead atoms. The lowest BCUT2D eigenvalue weighted by atomic mass is 10.1. The molecule has 0 aliphatic heterocycles. The van der Waals surface area contributed by atoms with Crippen molar-refractivity contribution in [3.8, 4) is 0 Å². The molecule has 0 heterocycles. The first-order valence-corrected chi connectivity index (χ1v) is 9.32. The Kier molecular flexibility index (Phi) is 8.10. The van der Waals surface area contributed by atoms with Crippen molar-refractivity contribution < 1.29 is 14.3 Å². The highest BCUT2D eigenvalue weighted by Crippen LogP contribution is 2.25. The fourth-order valence-electron chi connectivity index (χ4n) is 2.57. The van der Waals surface area contributed by atoms with Gasteiger partial charge in [0, 0.05) is 24.2 Å². The lowest BCUT2D eigenvalue weighted by Crippen LogP contribution is -2.38. The number of methoxy groups -OCH3 is 1. The van der Waals surface area contributed by atoms with Gasteiger partial charge in [-0.15, -0.1) is 0 Å². The molecule has 0 saturated carbocycles. The molecule has 0 fully saturated rings. The summed E-state index contributed by atoms with van der Waals surface area (Å²) in [5.41, 5.74) is 1.92. The van der Waals surface area contributed by atoms with Gasteiger partial charge in [-0.3, -0.25) is 9.59 Å². The Hall–Kier alpha value is -2.08. The van der Waals surface area contributed by atoms with Crippen LogP contribution in [-0.2, 0) is 16.1 Å². The van der Waals surface area contributed by atoms with Gasteiger partial charge in [0.05, 0.1) is 17.3 Å². The average molecular weight is 409 g/mol.